The first-order chi connectivity index (χ1) is 8.24. The van der Waals surface area contributed by atoms with E-state index in [9.17, 15) is 9.50 Å². The lowest BCUT2D eigenvalue weighted by Crippen LogP contribution is -2.11. The maximum absolute atomic E-state index is 13.6. The third-order valence-corrected chi connectivity index (χ3v) is 2.66. The lowest BCUT2D eigenvalue weighted by molar-refractivity contribution is 0.199. The first-order valence-electron chi connectivity index (χ1n) is 5.67. The van der Waals surface area contributed by atoms with Crippen LogP contribution in [0, 0.1) is 5.82 Å². The van der Waals surface area contributed by atoms with E-state index in [4.69, 9.17) is 0 Å². The molecule has 0 spiro atoms. The lowest BCUT2D eigenvalue weighted by Gasteiger charge is -2.13. The molecule has 3 nitrogen and oxygen atoms in total. The molecule has 1 N–H and O–H groups in total. The molecule has 0 aliphatic carbocycles. The average Bonchev–Trinajstić information content (AvgIpc) is 2.78. The highest BCUT2D eigenvalue weighted by molar-refractivity contribution is 5.24. The summed E-state index contributed by atoms with van der Waals surface area (Å²) in [6.07, 6.45) is 3.34. The first-order valence-corrected chi connectivity index (χ1v) is 5.67. The zero-order valence-electron chi connectivity index (χ0n) is 9.68. The molecule has 2 rings (SSSR count). The summed E-state index contributed by atoms with van der Waals surface area (Å²) in [5.74, 6) is 0.0722. The molecule has 1 aromatic carbocycles. The molecule has 90 valence electrons. The van der Waals surface area contributed by atoms with E-state index in [1.165, 1.54) is 6.07 Å². The minimum absolute atomic E-state index is 0.260. The topological polar surface area (TPSA) is 38.0 Å². The first kappa shape index (κ1) is 11.8. The third kappa shape index (κ3) is 2.36. The number of hydrogen-bond donors (Lipinski definition) is 1. The quantitative estimate of drug-likeness (QED) is 0.882. The van der Waals surface area contributed by atoms with Crippen LogP contribution in [0.3, 0.4) is 0 Å². The molecule has 2 aromatic rings. The number of hydrogen-bond acceptors (Lipinski definition) is 2. The van der Waals surface area contributed by atoms with Crippen molar-refractivity contribution in [3.05, 3.63) is 53.9 Å². The van der Waals surface area contributed by atoms with Crippen LogP contribution in [-0.2, 0) is 6.54 Å². The van der Waals surface area contributed by atoms with Crippen molar-refractivity contribution < 1.29 is 9.50 Å². The standard InChI is InChI=1S/C13H15FN2O/c1-2-8-16-9-7-15-13(16)12(17)10-5-3-4-6-11(10)14/h3-7,9,12,17H,2,8H2,1H3. The van der Waals surface area contributed by atoms with Gasteiger partial charge in [0.05, 0.1) is 0 Å². The number of aliphatic hydroxyl groups is 1. The summed E-state index contributed by atoms with van der Waals surface area (Å²) in [4.78, 5) is 4.10. The van der Waals surface area contributed by atoms with Crippen LogP contribution in [0.1, 0.15) is 30.8 Å². The van der Waals surface area contributed by atoms with Crippen LogP contribution in [0.4, 0.5) is 4.39 Å². The third-order valence-electron chi connectivity index (χ3n) is 2.66. The highest BCUT2D eigenvalue weighted by atomic mass is 19.1. The van der Waals surface area contributed by atoms with Crippen LogP contribution in [0.15, 0.2) is 36.7 Å². The Hall–Kier alpha value is -1.68. The Labute approximate surface area is 99.5 Å². The van der Waals surface area contributed by atoms with E-state index in [0.717, 1.165) is 13.0 Å². The summed E-state index contributed by atoms with van der Waals surface area (Å²) < 4.78 is 15.4. The Bertz CT molecular complexity index is 496. The number of aromatic nitrogens is 2. The fourth-order valence-electron chi connectivity index (χ4n) is 1.83. The van der Waals surface area contributed by atoms with E-state index >= 15 is 0 Å². The van der Waals surface area contributed by atoms with Crippen molar-refractivity contribution in [1.82, 2.24) is 9.55 Å². The predicted molar refractivity (Wildman–Crippen MR) is 63.0 cm³/mol. The molecule has 1 unspecified atom stereocenters. The van der Waals surface area contributed by atoms with E-state index in [1.54, 1.807) is 30.6 Å². The van der Waals surface area contributed by atoms with Gasteiger partial charge >= 0.3 is 0 Å². The number of aliphatic hydroxyl groups excluding tert-OH is 1. The highest BCUT2D eigenvalue weighted by Gasteiger charge is 2.18. The number of aryl methyl sites for hydroxylation is 1. The van der Waals surface area contributed by atoms with Gasteiger partial charge in [0.25, 0.3) is 0 Å². The van der Waals surface area contributed by atoms with Crippen molar-refractivity contribution in [3.8, 4) is 0 Å². The maximum atomic E-state index is 13.6. The van der Waals surface area contributed by atoms with Gasteiger partial charge in [0.15, 0.2) is 0 Å². The summed E-state index contributed by atoms with van der Waals surface area (Å²) in [6, 6.07) is 6.22. The fourth-order valence-corrected chi connectivity index (χ4v) is 1.83. The molecule has 0 saturated carbocycles. The van der Waals surface area contributed by atoms with Crippen LogP contribution in [0.25, 0.3) is 0 Å². The zero-order chi connectivity index (χ0) is 12.3. The van der Waals surface area contributed by atoms with Gasteiger partial charge < -0.3 is 9.67 Å². The monoisotopic (exact) mass is 234 g/mol. The van der Waals surface area contributed by atoms with E-state index in [2.05, 4.69) is 4.98 Å². The van der Waals surface area contributed by atoms with Crippen molar-refractivity contribution in [3.63, 3.8) is 0 Å². The van der Waals surface area contributed by atoms with Gasteiger partial charge in [0.1, 0.15) is 17.7 Å². The molecule has 0 fully saturated rings. The second-order valence-electron chi connectivity index (χ2n) is 3.90. The number of benzene rings is 1. The van der Waals surface area contributed by atoms with Crippen LogP contribution in [0.2, 0.25) is 0 Å². The normalized spacial score (nSPS) is 12.6. The molecule has 0 radical (unpaired) electrons. The van der Waals surface area contributed by atoms with Gasteiger partial charge in [-0.2, -0.15) is 0 Å². The molecule has 0 aliphatic rings. The van der Waals surface area contributed by atoms with Gasteiger partial charge in [-0.1, -0.05) is 25.1 Å². The molecule has 0 saturated heterocycles. The van der Waals surface area contributed by atoms with Crippen molar-refractivity contribution in [2.45, 2.75) is 26.0 Å². The van der Waals surface area contributed by atoms with E-state index in [0.29, 0.717) is 5.82 Å². The van der Waals surface area contributed by atoms with Crippen molar-refractivity contribution in [2.24, 2.45) is 0 Å². The van der Waals surface area contributed by atoms with Gasteiger partial charge in [-0.15, -0.1) is 0 Å². The SMILES string of the molecule is CCCn1ccnc1C(O)c1ccccc1F. The molecule has 4 heteroatoms. The lowest BCUT2D eigenvalue weighted by atomic mass is 10.1. The van der Waals surface area contributed by atoms with Gasteiger partial charge in [-0.05, 0) is 12.5 Å². The molecular formula is C13H15FN2O. The molecule has 1 aromatic heterocycles. The average molecular weight is 234 g/mol. The minimum atomic E-state index is -1.02. The Kier molecular flexibility index (Phi) is 3.54. The van der Waals surface area contributed by atoms with Gasteiger partial charge in [0, 0.05) is 24.5 Å². The largest absolute Gasteiger partial charge is 0.380 e. The van der Waals surface area contributed by atoms with Crippen molar-refractivity contribution in [2.75, 3.05) is 0 Å². The Morgan fingerprint density at radius 3 is 2.88 bits per heavy atom. The van der Waals surface area contributed by atoms with E-state index in [-0.39, 0.29) is 5.56 Å². The Balaban J connectivity index is 2.34. The second-order valence-corrected chi connectivity index (χ2v) is 3.90. The number of rotatable bonds is 4. The zero-order valence-corrected chi connectivity index (χ0v) is 9.68. The van der Waals surface area contributed by atoms with Gasteiger partial charge in [-0.25, -0.2) is 9.37 Å². The van der Waals surface area contributed by atoms with Crippen molar-refractivity contribution >= 4 is 0 Å². The minimum Gasteiger partial charge on any atom is -0.380 e. The van der Waals surface area contributed by atoms with Gasteiger partial charge in [-0.3, -0.25) is 0 Å². The maximum Gasteiger partial charge on any atom is 0.142 e. The fraction of sp³-hybridized carbons (Fsp3) is 0.308. The summed E-state index contributed by atoms with van der Waals surface area (Å²) in [6.45, 7) is 2.81. The molecule has 1 atom stereocenters. The summed E-state index contributed by atoms with van der Waals surface area (Å²) in [5, 5.41) is 10.1. The number of nitrogens with zero attached hydrogens (tertiary/aromatic N) is 2. The summed E-state index contributed by atoms with van der Waals surface area (Å²) in [5.41, 5.74) is 0.260. The second kappa shape index (κ2) is 5.10. The molecular weight excluding hydrogens is 219 g/mol. The summed E-state index contributed by atoms with van der Waals surface area (Å²) >= 11 is 0. The summed E-state index contributed by atoms with van der Waals surface area (Å²) in [7, 11) is 0. The van der Waals surface area contributed by atoms with Crippen molar-refractivity contribution in [1.29, 1.82) is 0 Å². The number of imidazole rings is 1. The molecule has 0 aliphatic heterocycles. The molecule has 0 bridgehead atoms. The van der Waals surface area contributed by atoms with E-state index in [1.807, 2.05) is 11.5 Å². The van der Waals surface area contributed by atoms with Crippen LogP contribution in [0.5, 0.6) is 0 Å². The Morgan fingerprint density at radius 2 is 2.18 bits per heavy atom. The van der Waals surface area contributed by atoms with Crippen LogP contribution < -0.4 is 0 Å². The highest BCUT2D eigenvalue weighted by Crippen LogP contribution is 2.22. The molecule has 1 heterocycles. The molecule has 0 amide bonds. The smallest absolute Gasteiger partial charge is 0.142 e. The Morgan fingerprint density at radius 1 is 1.41 bits per heavy atom. The predicted octanol–water partition coefficient (Wildman–Crippen LogP) is 2.51. The number of halogens is 1. The molecule has 17 heavy (non-hydrogen) atoms. The van der Waals surface area contributed by atoms with Crippen LogP contribution in [-0.4, -0.2) is 14.7 Å². The van der Waals surface area contributed by atoms with Gasteiger partial charge in [0.2, 0.25) is 0 Å². The van der Waals surface area contributed by atoms with E-state index < -0.39 is 11.9 Å². The van der Waals surface area contributed by atoms with Crippen LogP contribution >= 0.6 is 0 Å².